The second-order valence-corrected chi connectivity index (χ2v) is 10.6. The van der Waals surface area contributed by atoms with Crippen LogP contribution in [0, 0.1) is 0 Å². The van der Waals surface area contributed by atoms with Crippen molar-refractivity contribution in [3.05, 3.63) is 59.7 Å². The van der Waals surface area contributed by atoms with E-state index < -0.39 is 31.6 Å². The van der Waals surface area contributed by atoms with Crippen LogP contribution in [0.15, 0.2) is 58.3 Å². The molecule has 0 aliphatic rings. The zero-order valence-corrected chi connectivity index (χ0v) is 17.4. The molecule has 0 aliphatic heterocycles. The number of carbonyl (C=O) groups excluding carboxylic acids is 2. The van der Waals surface area contributed by atoms with Crippen LogP contribution in [0.3, 0.4) is 0 Å². The molecule has 2 aromatic carbocycles. The molecule has 2 aromatic rings. The molecular formula is C18H20N2O6S2. The van der Waals surface area contributed by atoms with Crippen LogP contribution in [0.2, 0.25) is 0 Å². The zero-order chi connectivity index (χ0) is 21.3. The van der Waals surface area contributed by atoms with Gasteiger partial charge in [0, 0.05) is 39.3 Å². The van der Waals surface area contributed by atoms with Gasteiger partial charge in [-0.3, -0.25) is 9.59 Å². The molecule has 0 radical (unpaired) electrons. The van der Waals surface area contributed by atoms with E-state index in [1.165, 1.54) is 76.7 Å². The Morgan fingerprint density at radius 1 is 0.571 bits per heavy atom. The number of carbonyl (C=O) groups is 2. The molecular weight excluding hydrogens is 404 g/mol. The van der Waals surface area contributed by atoms with E-state index in [2.05, 4.69) is 0 Å². The number of sulfonamides is 2. The monoisotopic (exact) mass is 424 g/mol. The molecule has 150 valence electrons. The van der Waals surface area contributed by atoms with Crippen molar-refractivity contribution in [2.45, 2.75) is 9.79 Å². The third-order valence-electron chi connectivity index (χ3n) is 4.00. The van der Waals surface area contributed by atoms with Crippen LogP contribution in [0.25, 0.3) is 0 Å². The first kappa shape index (κ1) is 21.9. The van der Waals surface area contributed by atoms with Crippen molar-refractivity contribution in [1.29, 1.82) is 0 Å². The lowest BCUT2D eigenvalue weighted by Crippen LogP contribution is -2.22. The standard InChI is InChI=1S/C18H20N2O6S2/c1-19(2)27(23,24)15-9-5-13(6-10-15)17(21)18(22)14-7-11-16(12-8-14)28(25,26)20(3)4/h5-12H,1-4H3. The molecule has 0 heterocycles. The molecule has 0 amide bonds. The molecule has 0 bridgehead atoms. The van der Waals surface area contributed by atoms with Crippen molar-refractivity contribution in [2.75, 3.05) is 28.2 Å². The van der Waals surface area contributed by atoms with Crippen molar-refractivity contribution in [3.63, 3.8) is 0 Å². The highest BCUT2D eigenvalue weighted by atomic mass is 32.2. The summed E-state index contributed by atoms with van der Waals surface area (Å²) >= 11 is 0. The number of benzene rings is 2. The number of ketones is 2. The van der Waals surface area contributed by atoms with Gasteiger partial charge in [-0.25, -0.2) is 25.4 Å². The zero-order valence-electron chi connectivity index (χ0n) is 15.8. The quantitative estimate of drug-likeness (QED) is 0.489. The Morgan fingerprint density at radius 2 is 0.821 bits per heavy atom. The number of hydrogen-bond acceptors (Lipinski definition) is 6. The highest BCUT2D eigenvalue weighted by Crippen LogP contribution is 2.17. The molecule has 8 nitrogen and oxygen atoms in total. The van der Waals surface area contributed by atoms with Crippen molar-refractivity contribution >= 4 is 31.6 Å². The lowest BCUT2D eigenvalue weighted by molar-refractivity contribution is 0.0817. The Bertz CT molecular complexity index is 1010. The number of Topliss-reactive ketones (excluding diaryl/α,β-unsaturated/α-hetero) is 2. The third kappa shape index (κ3) is 4.20. The Kier molecular flexibility index (Phi) is 6.19. The summed E-state index contributed by atoms with van der Waals surface area (Å²) in [5.74, 6) is -1.64. The van der Waals surface area contributed by atoms with Crippen LogP contribution < -0.4 is 0 Å². The van der Waals surface area contributed by atoms with Gasteiger partial charge >= 0.3 is 0 Å². The van der Waals surface area contributed by atoms with Gasteiger partial charge in [0.2, 0.25) is 31.6 Å². The van der Waals surface area contributed by atoms with Gasteiger partial charge in [-0.15, -0.1) is 0 Å². The van der Waals surface area contributed by atoms with E-state index in [0.717, 1.165) is 8.61 Å². The van der Waals surface area contributed by atoms with Crippen LogP contribution in [-0.2, 0) is 20.0 Å². The predicted molar refractivity (Wildman–Crippen MR) is 103 cm³/mol. The molecule has 0 aromatic heterocycles. The molecule has 0 saturated carbocycles. The van der Waals surface area contributed by atoms with Crippen LogP contribution in [0.5, 0.6) is 0 Å². The summed E-state index contributed by atoms with van der Waals surface area (Å²) in [6.45, 7) is 0. The molecule has 0 fully saturated rings. The summed E-state index contributed by atoms with van der Waals surface area (Å²) in [6, 6.07) is 10.1. The fourth-order valence-corrected chi connectivity index (χ4v) is 4.04. The van der Waals surface area contributed by atoms with Gasteiger partial charge in [-0.05, 0) is 48.5 Å². The first-order valence-corrected chi connectivity index (χ1v) is 10.9. The molecule has 0 N–H and O–H groups in total. The van der Waals surface area contributed by atoms with Crippen molar-refractivity contribution < 1.29 is 26.4 Å². The van der Waals surface area contributed by atoms with Crippen LogP contribution in [0.4, 0.5) is 0 Å². The van der Waals surface area contributed by atoms with Gasteiger partial charge in [-0.2, -0.15) is 0 Å². The predicted octanol–water partition coefficient (Wildman–Crippen LogP) is 1.25. The maximum atomic E-state index is 12.4. The topological polar surface area (TPSA) is 109 Å². The summed E-state index contributed by atoms with van der Waals surface area (Å²) in [4.78, 5) is 24.8. The highest BCUT2D eigenvalue weighted by molar-refractivity contribution is 7.89. The summed E-state index contributed by atoms with van der Waals surface area (Å²) < 4.78 is 50.3. The Labute approximate surface area is 164 Å². The molecule has 0 aliphatic carbocycles. The van der Waals surface area contributed by atoms with E-state index in [1.807, 2.05) is 0 Å². The van der Waals surface area contributed by atoms with Crippen molar-refractivity contribution in [2.24, 2.45) is 0 Å². The largest absolute Gasteiger partial charge is 0.285 e. The van der Waals surface area contributed by atoms with Gasteiger partial charge < -0.3 is 0 Å². The van der Waals surface area contributed by atoms with Gasteiger partial charge in [-0.1, -0.05) is 0 Å². The van der Waals surface area contributed by atoms with E-state index >= 15 is 0 Å². The fourth-order valence-electron chi connectivity index (χ4n) is 2.24. The average molecular weight is 425 g/mol. The Hall–Kier alpha value is -2.40. The summed E-state index contributed by atoms with van der Waals surface area (Å²) in [5, 5.41) is 0. The number of rotatable bonds is 7. The normalized spacial score (nSPS) is 12.4. The maximum absolute atomic E-state index is 12.4. The Morgan fingerprint density at radius 3 is 1.04 bits per heavy atom. The molecule has 2 rings (SSSR count). The van der Waals surface area contributed by atoms with Crippen LogP contribution in [-0.4, -0.2) is 65.2 Å². The van der Waals surface area contributed by atoms with E-state index in [-0.39, 0.29) is 20.9 Å². The van der Waals surface area contributed by atoms with E-state index in [0.29, 0.717) is 0 Å². The van der Waals surface area contributed by atoms with Crippen LogP contribution >= 0.6 is 0 Å². The molecule has 0 unspecified atom stereocenters. The lowest BCUT2D eigenvalue weighted by Gasteiger charge is -2.12. The minimum atomic E-state index is -3.64. The molecule has 0 spiro atoms. The van der Waals surface area contributed by atoms with Crippen LogP contribution in [0.1, 0.15) is 20.7 Å². The first-order valence-electron chi connectivity index (χ1n) is 8.03. The number of hydrogen-bond donors (Lipinski definition) is 0. The fraction of sp³-hybridized carbons (Fsp3) is 0.222. The minimum Gasteiger partial charge on any atom is -0.285 e. The van der Waals surface area contributed by atoms with Crippen molar-refractivity contribution in [1.82, 2.24) is 8.61 Å². The molecule has 10 heteroatoms. The van der Waals surface area contributed by atoms with Gasteiger partial charge in [0.05, 0.1) is 9.79 Å². The summed E-state index contributed by atoms with van der Waals surface area (Å²) in [7, 11) is -1.73. The summed E-state index contributed by atoms with van der Waals surface area (Å²) in [6.07, 6.45) is 0. The number of nitrogens with zero attached hydrogens (tertiary/aromatic N) is 2. The SMILES string of the molecule is CN(C)S(=O)(=O)c1ccc(C(=O)C(=O)c2ccc(S(=O)(=O)N(C)C)cc2)cc1. The molecule has 0 saturated heterocycles. The van der Waals surface area contributed by atoms with Crippen molar-refractivity contribution in [3.8, 4) is 0 Å². The minimum absolute atomic E-state index is 0.000237. The Balaban J connectivity index is 2.27. The first-order chi connectivity index (χ1) is 12.9. The van der Waals surface area contributed by atoms with Gasteiger partial charge in [0.25, 0.3) is 0 Å². The molecule has 0 atom stereocenters. The van der Waals surface area contributed by atoms with Gasteiger partial charge in [0.15, 0.2) is 0 Å². The smallest absolute Gasteiger partial charge is 0.242 e. The maximum Gasteiger partial charge on any atom is 0.242 e. The van der Waals surface area contributed by atoms with E-state index in [1.54, 1.807) is 0 Å². The van der Waals surface area contributed by atoms with E-state index in [9.17, 15) is 26.4 Å². The highest BCUT2D eigenvalue weighted by Gasteiger charge is 2.22. The van der Waals surface area contributed by atoms with E-state index in [4.69, 9.17) is 0 Å². The third-order valence-corrected chi connectivity index (χ3v) is 7.66. The lowest BCUT2D eigenvalue weighted by atomic mass is 10.0. The van der Waals surface area contributed by atoms with Gasteiger partial charge in [0.1, 0.15) is 0 Å². The second kappa shape index (κ2) is 7.92. The second-order valence-electron chi connectivity index (χ2n) is 6.28. The average Bonchev–Trinajstić information content (AvgIpc) is 2.66. The molecule has 28 heavy (non-hydrogen) atoms. The summed E-state index contributed by atoms with van der Waals surface area (Å²) in [5.41, 5.74) is 0.0698.